The first-order valence-corrected chi connectivity index (χ1v) is 18.0. The second kappa shape index (κ2) is 12.1. The maximum Gasteiger partial charge on any atom is 0.115 e. The Labute approximate surface area is 317 Å². The van der Waals surface area contributed by atoms with Gasteiger partial charge in [0, 0.05) is 10.5 Å². The predicted molar refractivity (Wildman–Crippen MR) is 232 cm³/mol. The Morgan fingerprint density at radius 2 is 0.962 bits per heavy atom. The molecule has 0 saturated carbocycles. The van der Waals surface area contributed by atoms with E-state index in [1.54, 1.807) is 0 Å². The lowest BCUT2D eigenvalue weighted by molar-refractivity contribution is 1.26. The van der Waals surface area contributed by atoms with Gasteiger partial charge in [0.15, 0.2) is 0 Å². The van der Waals surface area contributed by atoms with Crippen LogP contribution in [0.1, 0.15) is 27.8 Å². The lowest BCUT2D eigenvalue weighted by Crippen LogP contribution is -2.46. The van der Waals surface area contributed by atoms with E-state index in [0.717, 1.165) is 60.7 Å². The zero-order chi connectivity index (χ0) is 36.2. The molecule has 0 spiro atoms. The van der Waals surface area contributed by atoms with Crippen LogP contribution < -0.4 is 27.3 Å². The molecule has 0 bridgehead atoms. The monoisotopic (exact) mass is 668 g/mol. The molecule has 0 atom stereocenters. The Balaban J connectivity index is 1.44. The quantitative estimate of drug-likeness (QED) is 0.118. The van der Waals surface area contributed by atoms with Crippen molar-refractivity contribution in [3.05, 3.63) is 131 Å². The molecule has 0 nitrogen and oxygen atoms in total. The normalized spacial score (nSPS) is 12.2. The van der Waals surface area contributed by atoms with E-state index in [0.29, 0.717) is 38.4 Å². The standard InChI is InChI=1S/C46H29B5S/c1-22-23(2)46(52)39(40-42(48)24(3)43(49)45(51)44(40)50)38(41(22)47)37-31-16-8-6-14-29(31)36(30-15-7-9-17-32(30)37)33-18-10-13-27-20-28-19-25-11-4-5-12-26(25)21-34(28)35(27)33/h4-19,21,52H,20H2,1-3H3. The number of hydrogen-bond acceptors (Lipinski definition) is 1. The molecule has 234 valence electrons. The average Bonchev–Trinajstić information content (AvgIpc) is 3.53. The molecular weight excluding hydrogens is 639 g/mol. The summed E-state index contributed by atoms with van der Waals surface area (Å²) in [5.74, 6) is 0. The second-order valence-corrected chi connectivity index (χ2v) is 14.6. The van der Waals surface area contributed by atoms with Gasteiger partial charge in [-0.1, -0.05) is 125 Å². The van der Waals surface area contributed by atoms with E-state index in [9.17, 15) is 0 Å². The van der Waals surface area contributed by atoms with Gasteiger partial charge in [0.2, 0.25) is 0 Å². The molecule has 0 unspecified atom stereocenters. The fourth-order valence-electron chi connectivity index (χ4n) is 8.57. The lowest BCUT2D eigenvalue weighted by atomic mass is 9.62. The van der Waals surface area contributed by atoms with Gasteiger partial charge in [-0.2, -0.15) is 0 Å². The summed E-state index contributed by atoms with van der Waals surface area (Å²) >= 11 is 5.17. The van der Waals surface area contributed by atoms with Crippen LogP contribution in [0.15, 0.2) is 108 Å². The molecular formula is C46H29B5S. The highest BCUT2D eigenvalue weighted by atomic mass is 32.1. The third-order valence-electron chi connectivity index (χ3n) is 11.5. The number of fused-ring (bicyclic) bond motifs is 6. The van der Waals surface area contributed by atoms with Crippen LogP contribution in [0.4, 0.5) is 0 Å². The highest BCUT2D eigenvalue weighted by molar-refractivity contribution is 7.80. The van der Waals surface area contributed by atoms with E-state index >= 15 is 0 Å². The summed E-state index contributed by atoms with van der Waals surface area (Å²) in [6, 6.07) is 37.3. The van der Waals surface area contributed by atoms with Crippen molar-refractivity contribution >= 4 is 111 Å². The first kappa shape index (κ1) is 33.1. The second-order valence-electron chi connectivity index (χ2n) is 14.1. The van der Waals surface area contributed by atoms with Crippen molar-refractivity contribution in [3.63, 3.8) is 0 Å². The Bertz CT molecular complexity index is 2780. The zero-order valence-corrected chi connectivity index (χ0v) is 30.3. The average molecular weight is 668 g/mol. The van der Waals surface area contributed by atoms with Crippen molar-refractivity contribution < 1.29 is 0 Å². The van der Waals surface area contributed by atoms with Gasteiger partial charge in [-0.05, 0) is 121 Å². The van der Waals surface area contributed by atoms with Crippen LogP contribution in [0.3, 0.4) is 0 Å². The van der Waals surface area contributed by atoms with Gasteiger partial charge < -0.3 is 0 Å². The van der Waals surface area contributed by atoms with Gasteiger partial charge in [-0.15, -0.1) is 23.6 Å². The molecule has 1 aliphatic carbocycles. The Morgan fingerprint density at radius 3 is 1.60 bits per heavy atom. The molecule has 6 heteroatoms. The highest BCUT2D eigenvalue weighted by Gasteiger charge is 2.28. The summed E-state index contributed by atoms with van der Waals surface area (Å²) in [5, 5.41) is 6.87. The summed E-state index contributed by atoms with van der Waals surface area (Å²) in [6.45, 7) is 5.93. The van der Waals surface area contributed by atoms with Crippen molar-refractivity contribution in [3.8, 4) is 44.5 Å². The molecule has 10 radical (unpaired) electrons. The summed E-state index contributed by atoms with van der Waals surface area (Å²) < 4.78 is 0. The maximum atomic E-state index is 7.26. The Hall–Kier alpha value is -4.79. The summed E-state index contributed by atoms with van der Waals surface area (Å²) in [6.07, 6.45) is 0.900. The van der Waals surface area contributed by atoms with Crippen molar-refractivity contribution in [2.45, 2.75) is 32.1 Å². The van der Waals surface area contributed by atoms with Gasteiger partial charge in [0.25, 0.3) is 0 Å². The Morgan fingerprint density at radius 1 is 0.404 bits per heavy atom. The van der Waals surface area contributed by atoms with Crippen LogP contribution in [0.25, 0.3) is 76.8 Å². The molecule has 0 N–H and O–H groups in total. The number of rotatable bonds is 3. The van der Waals surface area contributed by atoms with Crippen molar-refractivity contribution in [2.24, 2.45) is 0 Å². The fourth-order valence-corrected chi connectivity index (χ4v) is 8.96. The van der Waals surface area contributed by atoms with E-state index in [4.69, 9.17) is 51.9 Å². The van der Waals surface area contributed by atoms with Crippen LogP contribution >= 0.6 is 12.6 Å². The molecule has 1 aliphatic rings. The van der Waals surface area contributed by atoms with Crippen LogP contribution in [-0.2, 0) is 6.42 Å². The first-order valence-electron chi connectivity index (χ1n) is 17.5. The zero-order valence-electron chi connectivity index (χ0n) is 29.4. The van der Waals surface area contributed by atoms with Gasteiger partial charge >= 0.3 is 0 Å². The van der Waals surface area contributed by atoms with Gasteiger partial charge in [0.1, 0.15) is 39.2 Å². The molecule has 0 saturated heterocycles. The minimum absolute atomic E-state index is 0.299. The molecule has 8 aromatic rings. The van der Waals surface area contributed by atoms with Crippen molar-refractivity contribution in [1.82, 2.24) is 0 Å². The molecule has 52 heavy (non-hydrogen) atoms. The van der Waals surface area contributed by atoms with E-state index in [-0.39, 0.29) is 0 Å². The SMILES string of the molecule is [B]c1c([B])c(C)c([B])c(-c2c(S)c(C)c(C)c([B])c2-c2c3ccccc3c(-c3cccc4c3-c3cc5ccccc5cc3C4)c3ccccc23)c1[B]. The molecule has 9 rings (SSSR count). The molecule has 0 heterocycles. The van der Waals surface area contributed by atoms with E-state index in [1.165, 1.54) is 44.2 Å². The third-order valence-corrected chi connectivity index (χ3v) is 12.0. The van der Waals surface area contributed by atoms with Crippen LogP contribution in [0.2, 0.25) is 0 Å². The minimum atomic E-state index is 0.299. The van der Waals surface area contributed by atoms with Gasteiger partial charge in [-0.25, -0.2) is 0 Å². The lowest BCUT2D eigenvalue weighted by Gasteiger charge is -2.29. The third kappa shape index (κ3) is 4.63. The molecule has 8 aromatic carbocycles. The number of hydrogen-bond donors (Lipinski definition) is 1. The van der Waals surface area contributed by atoms with E-state index in [2.05, 4.69) is 103 Å². The Kier molecular flexibility index (Phi) is 7.72. The van der Waals surface area contributed by atoms with E-state index in [1.807, 2.05) is 20.8 Å². The smallest absolute Gasteiger partial charge is 0.115 e. The number of benzene rings is 8. The van der Waals surface area contributed by atoms with Crippen LogP contribution in [0.5, 0.6) is 0 Å². The molecule has 0 aliphatic heterocycles. The van der Waals surface area contributed by atoms with Crippen molar-refractivity contribution in [2.75, 3.05) is 0 Å². The topological polar surface area (TPSA) is 0 Å². The summed E-state index contributed by atoms with van der Waals surface area (Å²) in [4.78, 5) is 0.741. The maximum absolute atomic E-state index is 7.26. The first-order chi connectivity index (χ1) is 25.1. The van der Waals surface area contributed by atoms with E-state index < -0.39 is 0 Å². The minimum Gasteiger partial charge on any atom is -0.142 e. The molecule has 0 aromatic heterocycles. The van der Waals surface area contributed by atoms with Gasteiger partial charge in [-0.3, -0.25) is 0 Å². The largest absolute Gasteiger partial charge is 0.142 e. The summed E-state index contributed by atoms with van der Waals surface area (Å²) in [5.41, 5.74) is 15.5. The summed E-state index contributed by atoms with van der Waals surface area (Å²) in [7, 11) is 33.9. The fraction of sp³-hybridized carbons (Fsp3) is 0.0870. The van der Waals surface area contributed by atoms with Crippen LogP contribution in [0, 0.1) is 20.8 Å². The highest BCUT2D eigenvalue weighted by Crippen LogP contribution is 2.51. The molecule has 0 amide bonds. The number of thiol groups is 1. The van der Waals surface area contributed by atoms with Crippen LogP contribution in [-0.4, -0.2) is 39.2 Å². The van der Waals surface area contributed by atoms with Crippen molar-refractivity contribution in [1.29, 1.82) is 0 Å². The molecule has 0 fully saturated rings. The predicted octanol–water partition coefficient (Wildman–Crippen LogP) is 6.90. The van der Waals surface area contributed by atoms with Gasteiger partial charge in [0.05, 0.1) is 0 Å².